The number of rotatable bonds is 2. The minimum atomic E-state index is 0.560. The number of anilines is 1. The highest BCUT2D eigenvalue weighted by molar-refractivity contribution is 5.50. The van der Waals surface area contributed by atoms with Crippen LogP contribution in [0.25, 0.3) is 0 Å². The van der Waals surface area contributed by atoms with Crippen LogP contribution in [0.2, 0.25) is 0 Å². The monoisotopic (exact) mass is 160 g/mol. The summed E-state index contributed by atoms with van der Waals surface area (Å²) in [6, 6.07) is 7.94. The molecule has 1 aromatic rings. The van der Waals surface area contributed by atoms with Crippen molar-refractivity contribution in [1.82, 2.24) is 0 Å². The quantitative estimate of drug-likeness (QED) is 0.673. The molecule has 0 aromatic heterocycles. The summed E-state index contributed by atoms with van der Waals surface area (Å²) < 4.78 is 0. The molecule has 1 aromatic carbocycles. The lowest BCUT2D eigenvalue weighted by molar-refractivity contribution is 0.998. The molecule has 0 unspecified atom stereocenters. The first-order valence-corrected chi connectivity index (χ1v) is 3.96. The van der Waals surface area contributed by atoms with Crippen molar-refractivity contribution >= 4 is 5.69 Å². The highest BCUT2D eigenvalue weighted by atomic mass is 14.6. The van der Waals surface area contributed by atoms with Crippen molar-refractivity contribution in [2.45, 2.75) is 19.8 Å². The minimum absolute atomic E-state index is 0.560. The van der Waals surface area contributed by atoms with E-state index in [-0.39, 0.29) is 0 Å². The van der Waals surface area contributed by atoms with Crippen LogP contribution in [0, 0.1) is 18.3 Å². The van der Waals surface area contributed by atoms with Crippen LogP contribution in [0.15, 0.2) is 18.2 Å². The molecule has 0 fully saturated rings. The first-order valence-electron chi connectivity index (χ1n) is 3.96. The molecule has 0 aliphatic rings. The number of nitrogens with two attached hydrogens (primary N) is 1. The molecule has 0 heterocycles. The third-order valence-corrected chi connectivity index (χ3v) is 1.99. The van der Waals surface area contributed by atoms with Crippen molar-refractivity contribution in [3.8, 4) is 6.07 Å². The molecule has 2 nitrogen and oxygen atoms in total. The zero-order chi connectivity index (χ0) is 8.97. The lowest BCUT2D eigenvalue weighted by Gasteiger charge is -2.05. The zero-order valence-electron chi connectivity index (χ0n) is 7.17. The fraction of sp³-hybridized carbons (Fsp3) is 0.300. The van der Waals surface area contributed by atoms with E-state index in [0.717, 1.165) is 17.7 Å². The Morgan fingerprint density at radius 3 is 2.92 bits per heavy atom. The van der Waals surface area contributed by atoms with Crippen LogP contribution in [0.4, 0.5) is 5.69 Å². The van der Waals surface area contributed by atoms with E-state index in [1.165, 1.54) is 5.56 Å². The van der Waals surface area contributed by atoms with Gasteiger partial charge in [0, 0.05) is 12.1 Å². The normalized spacial score (nSPS) is 9.33. The molecule has 0 radical (unpaired) electrons. The van der Waals surface area contributed by atoms with Gasteiger partial charge in [-0.1, -0.05) is 12.1 Å². The van der Waals surface area contributed by atoms with Crippen molar-refractivity contribution in [1.29, 1.82) is 5.26 Å². The van der Waals surface area contributed by atoms with Crippen molar-refractivity contribution < 1.29 is 0 Å². The molecule has 0 amide bonds. The summed E-state index contributed by atoms with van der Waals surface area (Å²) in [4.78, 5) is 0. The lowest BCUT2D eigenvalue weighted by atomic mass is 10.0. The van der Waals surface area contributed by atoms with E-state index >= 15 is 0 Å². The maximum absolute atomic E-state index is 8.41. The molecule has 12 heavy (non-hydrogen) atoms. The number of hydrogen-bond donors (Lipinski definition) is 1. The van der Waals surface area contributed by atoms with E-state index in [1.807, 2.05) is 25.1 Å². The highest BCUT2D eigenvalue weighted by Gasteiger charge is 1.99. The first kappa shape index (κ1) is 8.61. The summed E-state index contributed by atoms with van der Waals surface area (Å²) in [6.45, 7) is 1.99. The Bertz CT molecular complexity index is 310. The molecule has 0 aliphatic heterocycles. The third kappa shape index (κ3) is 1.76. The van der Waals surface area contributed by atoms with Crippen molar-refractivity contribution in [2.24, 2.45) is 0 Å². The number of nitrogen functional groups attached to an aromatic ring is 1. The Hall–Kier alpha value is -1.49. The molecule has 0 saturated heterocycles. The molecule has 0 aliphatic carbocycles. The molecule has 62 valence electrons. The fourth-order valence-electron chi connectivity index (χ4n) is 1.16. The van der Waals surface area contributed by atoms with Gasteiger partial charge in [0.05, 0.1) is 6.07 Å². The third-order valence-electron chi connectivity index (χ3n) is 1.99. The Morgan fingerprint density at radius 2 is 2.25 bits per heavy atom. The predicted molar refractivity (Wildman–Crippen MR) is 49.5 cm³/mol. The molecular formula is C10H12N2. The average molecular weight is 160 g/mol. The van der Waals surface area contributed by atoms with Gasteiger partial charge >= 0.3 is 0 Å². The maximum atomic E-state index is 8.41. The topological polar surface area (TPSA) is 49.8 Å². The number of hydrogen-bond acceptors (Lipinski definition) is 2. The number of nitriles is 1. The largest absolute Gasteiger partial charge is 0.399 e. The van der Waals surface area contributed by atoms with E-state index < -0.39 is 0 Å². The standard InChI is InChI=1S/C10H12N2/c1-8-9(5-3-7-11)4-2-6-10(8)12/h2,4,6H,3,5,12H2,1H3. The van der Waals surface area contributed by atoms with Gasteiger partial charge in [-0.05, 0) is 30.5 Å². The van der Waals surface area contributed by atoms with Crippen molar-refractivity contribution in [2.75, 3.05) is 5.73 Å². The Morgan fingerprint density at radius 1 is 1.50 bits per heavy atom. The summed E-state index contributed by atoms with van der Waals surface area (Å²) in [5.74, 6) is 0. The van der Waals surface area contributed by atoms with Crippen LogP contribution in [-0.4, -0.2) is 0 Å². The van der Waals surface area contributed by atoms with Crippen molar-refractivity contribution in [3.63, 3.8) is 0 Å². The van der Waals surface area contributed by atoms with Crippen LogP contribution in [-0.2, 0) is 6.42 Å². The second kappa shape index (κ2) is 3.77. The Balaban J connectivity index is 2.86. The van der Waals surface area contributed by atoms with E-state index in [1.54, 1.807) is 0 Å². The van der Waals surface area contributed by atoms with Gasteiger partial charge in [0.2, 0.25) is 0 Å². The van der Waals surface area contributed by atoms with Crippen molar-refractivity contribution in [3.05, 3.63) is 29.3 Å². The Labute approximate surface area is 72.6 Å². The summed E-state index contributed by atoms with van der Waals surface area (Å²) >= 11 is 0. The molecule has 0 spiro atoms. The van der Waals surface area contributed by atoms with Gasteiger partial charge in [-0.2, -0.15) is 5.26 Å². The second-order valence-electron chi connectivity index (χ2n) is 2.79. The summed E-state index contributed by atoms with van der Waals surface area (Å²) in [5.41, 5.74) is 8.80. The summed E-state index contributed by atoms with van der Waals surface area (Å²) in [5, 5.41) is 8.41. The summed E-state index contributed by atoms with van der Waals surface area (Å²) in [6.07, 6.45) is 1.36. The molecule has 2 N–H and O–H groups in total. The molecular weight excluding hydrogens is 148 g/mol. The van der Waals surface area contributed by atoms with Gasteiger partial charge < -0.3 is 5.73 Å². The van der Waals surface area contributed by atoms with Gasteiger partial charge in [-0.3, -0.25) is 0 Å². The Kier molecular flexibility index (Phi) is 2.71. The molecule has 0 saturated carbocycles. The minimum Gasteiger partial charge on any atom is -0.399 e. The maximum Gasteiger partial charge on any atom is 0.0625 e. The average Bonchev–Trinajstić information content (AvgIpc) is 2.08. The van der Waals surface area contributed by atoms with Crippen LogP contribution in [0.5, 0.6) is 0 Å². The molecule has 0 atom stereocenters. The predicted octanol–water partition coefficient (Wildman–Crippen LogP) is 2.03. The van der Waals surface area contributed by atoms with Gasteiger partial charge in [0.15, 0.2) is 0 Å². The number of nitrogens with zero attached hydrogens (tertiary/aromatic N) is 1. The van der Waals surface area contributed by atoms with Crippen LogP contribution in [0.3, 0.4) is 0 Å². The number of aryl methyl sites for hydroxylation is 1. The van der Waals surface area contributed by atoms with Gasteiger partial charge in [-0.25, -0.2) is 0 Å². The second-order valence-corrected chi connectivity index (χ2v) is 2.79. The smallest absolute Gasteiger partial charge is 0.0625 e. The zero-order valence-corrected chi connectivity index (χ0v) is 7.17. The SMILES string of the molecule is Cc1c(N)cccc1CCC#N. The lowest BCUT2D eigenvalue weighted by Crippen LogP contribution is -1.94. The fourth-order valence-corrected chi connectivity index (χ4v) is 1.16. The highest BCUT2D eigenvalue weighted by Crippen LogP contribution is 2.16. The first-order chi connectivity index (χ1) is 5.75. The van der Waals surface area contributed by atoms with Crippen LogP contribution in [0.1, 0.15) is 17.5 Å². The van der Waals surface area contributed by atoms with Crippen LogP contribution < -0.4 is 5.73 Å². The van der Waals surface area contributed by atoms with E-state index in [9.17, 15) is 0 Å². The van der Waals surface area contributed by atoms with Gasteiger partial charge in [0.25, 0.3) is 0 Å². The van der Waals surface area contributed by atoms with E-state index in [2.05, 4.69) is 6.07 Å². The number of benzene rings is 1. The van der Waals surface area contributed by atoms with Crippen LogP contribution >= 0.6 is 0 Å². The molecule has 1 rings (SSSR count). The van der Waals surface area contributed by atoms with Gasteiger partial charge in [0.1, 0.15) is 0 Å². The summed E-state index contributed by atoms with van der Waals surface area (Å²) in [7, 11) is 0. The molecule has 0 bridgehead atoms. The van der Waals surface area contributed by atoms with E-state index in [0.29, 0.717) is 6.42 Å². The van der Waals surface area contributed by atoms with Gasteiger partial charge in [-0.15, -0.1) is 0 Å². The molecule has 2 heteroatoms. The van der Waals surface area contributed by atoms with E-state index in [4.69, 9.17) is 11.0 Å².